The van der Waals surface area contributed by atoms with Crippen LogP contribution < -0.4 is 21.9 Å². The van der Waals surface area contributed by atoms with Crippen LogP contribution in [0.3, 0.4) is 0 Å². The molecule has 1 aliphatic rings. The maximum atomic E-state index is 12.5. The van der Waals surface area contributed by atoms with Gasteiger partial charge in [-0.15, -0.1) is 0 Å². The van der Waals surface area contributed by atoms with Gasteiger partial charge in [-0.25, -0.2) is 9.59 Å². The summed E-state index contributed by atoms with van der Waals surface area (Å²) in [4.78, 5) is 36.4. The number of carbonyl (C=O) groups is 1. The summed E-state index contributed by atoms with van der Waals surface area (Å²) >= 11 is 6.19. The first kappa shape index (κ1) is 14.4. The Balaban J connectivity index is 2.36. The molecular formula is C14H13ClN4O3. The molecule has 0 fully saturated rings. The van der Waals surface area contributed by atoms with Crippen LogP contribution in [0.25, 0.3) is 0 Å². The minimum atomic E-state index is -0.719. The number of halogens is 1. The molecule has 1 unspecified atom stereocenters. The SMILES string of the molecule is Cn1c2c(c(=O)n(C)c1=O)C(c1ccccc1Cl)NC(=O)N2. The van der Waals surface area contributed by atoms with Gasteiger partial charge in [0.05, 0.1) is 11.6 Å². The van der Waals surface area contributed by atoms with Crippen molar-refractivity contribution in [2.24, 2.45) is 14.1 Å². The van der Waals surface area contributed by atoms with Gasteiger partial charge in [-0.2, -0.15) is 0 Å². The first-order valence-electron chi connectivity index (χ1n) is 6.53. The van der Waals surface area contributed by atoms with E-state index in [1.54, 1.807) is 24.3 Å². The topological polar surface area (TPSA) is 85.1 Å². The summed E-state index contributed by atoms with van der Waals surface area (Å²) in [5.41, 5.74) is -0.118. The molecule has 2 aromatic rings. The number of nitrogens with zero attached hydrogens (tertiary/aromatic N) is 2. The van der Waals surface area contributed by atoms with Gasteiger partial charge in [-0.05, 0) is 11.6 Å². The number of fused-ring (bicyclic) bond motifs is 1. The van der Waals surface area contributed by atoms with Crippen molar-refractivity contribution in [2.75, 3.05) is 5.32 Å². The van der Waals surface area contributed by atoms with Gasteiger partial charge >= 0.3 is 11.7 Å². The highest BCUT2D eigenvalue weighted by Crippen LogP contribution is 2.31. The Hall–Kier alpha value is -2.54. The molecule has 1 aliphatic heterocycles. The van der Waals surface area contributed by atoms with E-state index in [-0.39, 0.29) is 11.4 Å². The number of urea groups is 1. The van der Waals surface area contributed by atoms with Gasteiger partial charge in [-0.1, -0.05) is 29.8 Å². The van der Waals surface area contributed by atoms with E-state index in [1.807, 2.05) is 0 Å². The minimum Gasteiger partial charge on any atom is -0.327 e. The molecule has 0 saturated heterocycles. The summed E-state index contributed by atoms with van der Waals surface area (Å²) in [6.07, 6.45) is 0. The van der Waals surface area contributed by atoms with E-state index in [2.05, 4.69) is 10.6 Å². The van der Waals surface area contributed by atoms with Crippen LogP contribution in [0.5, 0.6) is 0 Å². The average Bonchev–Trinajstić information content (AvgIpc) is 2.50. The van der Waals surface area contributed by atoms with Gasteiger partial charge in [0.15, 0.2) is 0 Å². The Morgan fingerprint density at radius 3 is 2.45 bits per heavy atom. The summed E-state index contributed by atoms with van der Waals surface area (Å²) in [6, 6.07) is 5.71. The average molecular weight is 321 g/mol. The third-order valence-corrected chi connectivity index (χ3v) is 4.06. The molecular weight excluding hydrogens is 308 g/mol. The van der Waals surface area contributed by atoms with Crippen molar-refractivity contribution in [1.82, 2.24) is 14.5 Å². The lowest BCUT2D eigenvalue weighted by Crippen LogP contribution is -2.49. The molecule has 0 bridgehead atoms. The number of carbonyl (C=O) groups excluding carboxylic acids is 1. The summed E-state index contributed by atoms with van der Waals surface area (Å²) in [6.45, 7) is 0. The molecule has 0 saturated carbocycles. The first-order valence-corrected chi connectivity index (χ1v) is 6.91. The van der Waals surface area contributed by atoms with Crippen molar-refractivity contribution >= 4 is 23.4 Å². The number of benzene rings is 1. The zero-order valence-electron chi connectivity index (χ0n) is 11.9. The number of aromatic nitrogens is 2. The van der Waals surface area contributed by atoms with Crippen LogP contribution in [0, 0.1) is 0 Å². The Bertz CT molecular complexity index is 900. The molecule has 7 nitrogen and oxygen atoms in total. The monoisotopic (exact) mass is 320 g/mol. The molecule has 2 amide bonds. The van der Waals surface area contributed by atoms with Gasteiger partial charge < -0.3 is 5.32 Å². The molecule has 3 rings (SSSR count). The lowest BCUT2D eigenvalue weighted by Gasteiger charge is -2.28. The Labute approximate surface area is 130 Å². The summed E-state index contributed by atoms with van der Waals surface area (Å²) in [5.74, 6) is 0.182. The van der Waals surface area contributed by atoms with Gasteiger partial charge in [-0.3, -0.25) is 19.2 Å². The molecule has 1 aromatic carbocycles. The van der Waals surface area contributed by atoms with Crippen LogP contribution >= 0.6 is 11.6 Å². The fourth-order valence-electron chi connectivity index (χ4n) is 2.57. The van der Waals surface area contributed by atoms with Crippen LogP contribution in [0.4, 0.5) is 10.6 Å². The van der Waals surface area contributed by atoms with Gasteiger partial charge in [0.1, 0.15) is 5.82 Å². The van der Waals surface area contributed by atoms with E-state index in [4.69, 9.17) is 11.6 Å². The highest BCUT2D eigenvalue weighted by molar-refractivity contribution is 6.31. The molecule has 8 heteroatoms. The summed E-state index contributed by atoms with van der Waals surface area (Å²) in [7, 11) is 2.89. The van der Waals surface area contributed by atoms with Crippen molar-refractivity contribution in [3.8, 4) is 0 Å². The Morgan fingerprint density at radius 1 is 1.09 bits per heavy atom. The van der Waals surface area contributed by atoms with Gasteiger partial charge in [0.25, 0.3) is 5.56 Å². The first-order chi connectivity index (χ1) is 10.4. The number of hydrogen-bond acceptors (Lipinski definition) is 3. The molecule has 0 aliphatic carbocycles. The predicted molar refractivity (Wildman–Crippen MR) is 82.4 cm³/mol. The van der Waals surface area contributed by atoms with Crippen molar-refractivity contribution in [2.45, 2.75) is 6.04 Å². The third kappa shape index (κ3) is 2.01. The zero-order chi connectivity index (χ0) is 16.0. The van der Waals surface area contributed by atoms with Crippen LogP contribution in [0.2, 0.25) is 5.02 Å². The molecule has 2 N–H and O–H groups in total. The number of anilines is 1. The van der Waals surface area contributed by atoms with Crippen LogP contribution in [-0.2, 0) is 14.1 Å². The lowest BCUT2D eigenvalue weighted by atomic mass is 9.98. The highest BCUT2D eigenvalue weighted by atomic mass is 35.5. The van der Waals surface area contributed by atoms with E-state index in [9.17, 15) is 14.4 Å². The molecule has 1 atom stereocenters. The van der Waals surface area contributed by atoms with Crippen molar-refractivity contribution in [3.05, 3.63) is 61.3 Å². The summed E-state index contributed by atoms with van der Waals surface area (Å²) in [5, 5.41) is 5.62. The van der Waals surface area contributed by atoms with Crippen molar-refractivity contribution < 1.29 is 4.79 Å². The van der Waals surface area contributed by atoms with E-state index in [0.717, 1.165) is 4.57 Å². The van der Waals surface area contributed by atoms with Crippen molar-refractivity contribution in [3.63, 3.8) is 0 Å². The van der Waals surface area contributed by atoms with E-state index >= 15 is 0 Å². The standard InChI is InChI=1S/C14H13ClN4O3/c1-18-11-9(12(20)19(2)14(18)22)10(16-13(21)17-11)7-5-3-4-6-8(7)15/h3-6,10H,1-2H3,(H2,16,17,21). The highest BCUT2D eigenvalue weighted by Gasteiger charge is 2.32. The second-order valence-electron chi connectivity index (χ2n) is 5.02. The quantitative estimate of drug-likeness (QED) is 0.820. The number of rotatable bonds is 1. The molecule has 2 heterocycles. The molecule has 1 aromatic heterocycles. The zero-order valence-corrected chi connectivity index (χ0v) is 12.6. The fourth-order valence-corrected chi connectivity index (χ4v) is 2.82. The van der Waals surface area contributed by atoms with E-state index in [0.29, 0.717) is 10.6 Å². The second-order valence-corrected chi connectivity index (χ2v) is 5.43. The molecule has 114 valence electrons. The largest absolute Gasteiger partial charge is 0.332 e. The molecule has 22 heavy (non-hydrogen) atoms. The number of nitrogens with one attached hydrogen (secondary N) is 2. The Kier molecular flexibility index (Phi) is 3.29. The molecule has 0 spiro atoms. The minimum absolute atomic E-state index is 0.182. The maximum absolute atomic E-state index is 12.5. The lowest BCUT2D eigenvalue weighted by molar-refractivity contribution is 0.248. The van der Waals surface area contributed by atoms with E-state index in [1.165, 1.54) is 18.7 Å². The van der Waals surface area contributed by atoms with Gasteiger partial charge in [0, 0.05) is 19.1 Å². The Morgan fingerprint density at radius 2 is 1.77 bits per heavy atom. The second kappa shape index (κ2) is 5.03. The normalized spacial score (nSPS) is 16.7. The maximum Gasteiger partial charge on any atom is 0.332 e. The summed E-state index contributed by atoms with van der Waals surface area (Å²) < 4.78 is 2.24. The van der Waals surface area contributed by atoms with Crippen molar-refractivity contribution in [1.29, 1.82) is 0 Å². The smallest absolute Gasteiger partial charge is 0.327 e. The van der Waals surface area contributed by atoms with Crippen LogP contribution in [-0.4, -0.2) is 15.2 Å². The number of amides is 2. The van der Waals surface area contributed by atoms with Gasteiger partial charge in [0.2, 0.25) is 0 Å². The molecule has 0 radical (unpaired) electrons. The predicted octanol–water partition coefficient (Wildman–Crippen LogP) is 0.962. The fraction of sp³-hybridized carbons (Fsp3) is 0.214. The van der Waals surface area contributed by atoms with Crippen LogP contribution in [0.1, 0.15) is 17.2 Å². The third-order valence-electron chi connectivity index (χ3n) is 3.71. The van der Waals surface area contributed by atoms with Crippen LogP contribution in [0.15, 0.2) is 33.9 Å². The number of hydrogen-bond donors (Lipinski definition) is 2. The van der Waals surface area contributed by atoms with E-state index < -0.39 is 23.3 Å².